The second-order valence-electron chi connectivity index (χ2n) is 1.80. The molecular formula is C3H8O2Si. The van der Waals surface area contributed by atoms with E-state index < -0.39 is 8.80 Å². The summed E-state index contributed by atoms with van der Waals surface area (Å²) in [7, 11) is -0.577. The van der Waals surface area contributed by atoms with Crippen molar-refractivity contribution in [1.29, 1.82) is 0 Å². The van der Waals surface area contributed by atoms with Crippen LogP contribution in [0.15, 0.2) is 0 Å². The van der Waals surface area contributed by atoms with Crippen LogP contribution in [0, 0.1) is 0 Å². The van der Waals surface area contributed by atoms with Crippen LogP contribution in [0.3, 0.4) is 0 Å². The molecule has 0 bridgehead atoms. The van der Waals surface area contributed by atoms with Gasteiger partial charge < -0.3 is 0 Å². The van der Waals surface area contributed by atoms with Crippen molar-refractivity contribution in [1.82, 2.24) is 0 Å². The Morgan fingerprint density at radius 3 is 1.83 bits per heavy atom. The molecular weight excluding hydrogens is 96.1 g/mol. The Morgan fingerprint density at radius 2 is 1.83 bits per heavy atom. The molecule has 6 heavy (non-hydrogen) atoms. The van der Waals surface area contributed by atoms with Crippen LogP contribution < -0.4 is 0 Å². The van der Waals surface area contributed by atoms with Crippen LogP contribution in [0.2, 0.25) is 13.1 Å². The molecule has 1 aliphatic heterocycles. The zero-order valence-electron chi connectivity index (χ0n) is 3.97. The molecule has 1 fully saturated rings. The van der Waals surface area contributed by atoms with E-state index in [2.05, 4.69) is 22.9 Å². The van der Waals surface area contributed by atoms with E-state index >= 15 is 0 Å². The quantitative estimate of drug-likeness (QED) is 0.271. The zero-order valence-corrected chi connectivity index (χ0v) is 5.13. The predicted molar refractivity (Wildman–Crippen MR) is 24.8 cm³/mol. The average Bonchev–Trinajstić information content (AvgIpc) is 2.06. The molecule has 0 unspecified atom stereocenters. The van der Waals surface area contributed by atoms with Crippen LogP contribution in [0.25, 0.3) is 0 Å². The lowest BCUT2D eigenvalue weighted by Crippen LogP contribution is -2.08. The van der Waals surface area contributed by atoms with Gasteiger partial charge in [-0.25, -0.2) is 9.78 Å². The standard InChI is InChI=1S/C3H8O2Si/c1-6(2)3-4-5-3/h3,6H,1-2H3. The minimum atomic E-state index is -0.577. The maximum absolute atomic E-state index is 4.53. The first-order valence-electron chi connectivity index (χ1n) is 2.13. The monoisotopic (exact) mass is 104 g/mol. The first-order chi connectivity index (χ1) is 2.80. The van der Waals surface area contributed by atoms with Gasteiger partial charge in [0.05, 0.1) is 0 Å². The number of rotatable bonds is 1. The van der Waals surface area contributed by atoms with E-state index in [0.717, 1.165) is 0 Å². The molecule has 0 aromatic carbocycles. The molecule has 0 saturated carbocycles. The van der Waals surface area contributed by atoms with Gasteiger partial charge in [-0.05, 0) is 0 Å². The molecule has 0 amide bonds. The molecule has 3 heteroatoms. The lowest BCUT2D eigenvalue weighted by atomic mass is 11.6. The highest BCUT2D eigenvalue weighted by Crippen LogP contribution is 2.14. The Bertz CT molecular complexity index is 50.8. The normalized spacial score (nSPS) is 22.5. The van der Waals surface area contributed by atoms with Crippen LogP contribution in [-0.2, 0) is 9.78 Å². The van der Waals surface area contributed by atoms with E-state index in [1.165, 1.54) is 0 Å². The summed E-state index contributed by atoms with van der Waals surface area (Å²) < 4.78 is 0. The maximum atomic E-state index is 4.53. The molecule has 0 spiro atoms. The largest absolute Gasteiger partial charge is 0.204 e. The second kappa shape index (κ2) is 1.33. The molecule has 0 radical (unpaired) electrons. The molecule has 1 saturated heterocycles. The lowest BCUT2D eigenvalue weighted by Gasteiger charge is -1.82. The van der Waals surface area contributed by atoms with E-state index in [1.54, 1.807) is 0 Å². The van der Waals surface area contributed by atoms with Crippen molar-refractivity contribution in [3.8, 4) is 0 Å². The van der Waals surface area contributed by atoms with Crippen LogP contribution >= 0.6 is 0 Å². The molecule has 0 aliphatic carbocycles. The van der Waals surface area contributed by atoms with E-state index in [-0.39, 0.29) is 5.91 Å². The first-order valence-corrected chi connectivity index (χ1v) is 5.10. The Kier molecular flexibility index (Phi) is 0.952. The third-order valence-electron chi connectivity index (χ3n) is 0.752. The molecule has 0 N–H and O–H groups in total. The summed E-state index contributed by atoms with van der Waals surface area (Å²) in [6.07, 6.45) is 0. The third kappa shape index (κ3) is 0.799. The fourth-order valence-electron chi connectivity index (χ4n) is 0.254. The fourth-order valence-corrected chi connectivity index (χ4v) is 0.763. The summed E-state index contributed by atoms with van der Waals surface area (Å²) in [6.45, 7) is 4.38. The molecule has 1 rings (SSSR count). The Balaban J connectivity index is 2.13. The van der Waals surface area contributed by atoms with Crippen LogP contribution in [0.4, 0.5) is 0 Å². The van der Waals surface area contributed by atoms with Gasteiger partial charge in [-0.1, -0.05) is 13.1 Å². The molecule has 1 heterocycles. The molecule has 0 aromatic heterocycles. The van der Waals surface area contributed by atoms with Crippen molar-refractivity contribution in [2.45, 2.75) is 19.0 Å². The number of hydrogen-bond donors (Lipinski definition) is 0. The SMILES string of the molecule is C[SiH](C)C1OO1. The minimum Gasteiger partial charge on any atom is -0.204 e. The van der Waals surface area contributed by atoms with E-state index in [1.807, 2.05) is 0 Å². The summed E-state index contributed by atoms with van der Waals surface area (Å²) in [4.78, 5) is 9.06. The summed E-state index contributed by atoms with van der Waals surface area (Å²) >= 11 is 0. The molecule has 0 atom stereocenters. The van der Waals surface area contributed by atoms with Crippen LogP contribution in [-0.4, -0.2) is 14.7 Å². The summed E-state index contributed by atoms with van der Waals surface area (Å²) in [5.41, 5.74) is 0. The average molecular weight is 104 g/mol. The van der Waals surface area contributed by atoms with Crippen molar-refractivity contribution in [2.75, 3.05) is 0 Å². The van der Waals surface area contributed by atoms with Gasteiger partial charge in [0, 0.05) is 0 Å². The highest BCUT2D eigenvalue weighted by molar-refractivity contribution is 6.57. The molecule has 36 valence electrons. The topological polar surface area (TPSA) is 25.1 Å². The minimum absolute atomic E-state index is 0.241. The highest BCUT2D eigenvalue weighted by Gasteiger charge is 2.29. The van der Waals surface area contributed by atoms with Crippen molar-refractivity contribution in [3.05, 3.63) is 0 Å². The van der Waals surface area contributed by atoms with Crippen molar-refractivity contribution >= 4 is 8.80 Å². The third-order valence-corrected chi connectivity index (χ3v) is 2.06. The van der Waals surface area contributed by atoms with Gasteiger partial charge in [0.25, 0.3) is 0 Å². The second-order valence-corrected chi connectivity index (χ2v) is 4.84. The Morgan fingerprint density at radius 1 is 1.33 bits per heavy atom. The van der Waals surface area contributed by atoms with E-state index in [9.17, 15) is 0 Å². The van der Waals surface area contributed by atoms with E-state index in [4.69, 9.17) is 0 Å². The van der Waals surface area contributed by atoms with Gasteiger partial charge in [-0.3, -0.25) is 0 Å². The molecule has 0 aromatic rings. The Labute approximate surface area is 38.6 Å². The highest BCUT2D eigenvalue weighted by atomic mass is 28.3. The predicted octanol–water partition coefficient (Wildman–Crippen LogP) is 0.300. The lowest BCUT2D eigenvalue weighted by molar-refractivity contribution is 0.0850. The van der Waals surface area contributed by atoms with Crippen LogP contribution in [0.1, 0.15) is 0 Å². The van der Waals surface area contributed by atoms with Gasteiger partial charge in [0.1, 0.15) is 8.80 Å². The van der Waals surface area contributed by atoms with Crippen molar-refractivity contribution in [2.24, 2.45) is 0 Å². The molecule has 2 nitrogen and oxygen atoms in total. The smallest absolute Gasteiger partial charge is 0.204 e. The fraction of sp³-hybridized carbons (Fsp3) is 1.00. The summed E-state index contributed by atoms with van der Waals surface area (Å²) in [6, 6.07) is 0. The molecule has 1 aliphatic rings. The van der Waals surface area contributed by atoms with Crippen molar-refractivity contribution < 1.29 is 9.78 Å². The summed E-state index contributed by atoms with van der Waals surface area (Å²) in [5, 5.41) is 0. The van der Waals surface area contributed by atoms with Gasteiger partial charge >= 0.3 is 0 Å². The number of hydrogen-bond acceptors (Lipinski definition) is 2. The van der Waals surface area contributed by atoms with Gasteiger partial charge in [-0.2, -0.15) is 0 Å². The zero-order chi connectivity index (χ0) is 4.57. The summed E-state index contributed by atoms with van der Waals surface area (Å²) in [5.74, 6) is 0.241. The van der Waals surface area contributed by atoms with Crippen LogP contribution in [0.5, 0.6) is 0 Å². The van der Waals surface area contributed by atoms with E-state index in [0.29, 0.717) is 0 Å². The Hall–Kier alpha value is 0.137. The first kappa shape index (κ1) is 4.30. The van der Waals surface area contributed by atoms with Gasteiger partial charge in [-0.15, -0.1) is 0 Å². The van der Waals surface area contributed by atoms with Crippen molar-refractivity contribution in [3.63, 3.8) is 0 Å². The van der Waals surface area contributed by atoms with Gasteiger partial charge in [0.2, 0.25) is 5.91 Å². The van der Waals surface area contributed by atoms with Gasteiger partial charge in [0.15, 0.2) is 0 Å². The maximum Gasteiger partial charge on any atom is 0.204 e.